The van der Waals surface area contributed by atoms with Crippen LogP contribution in [0.5, 0.6) is 0 Å². The molecule has 1 heterocycles. The van der Waals surface area contributed by atoms with Crippen LogP contribution in [0.1, 0.15) is 13.3 Å². The predicted molar refractivity (Wildman–Crippen MR) is 38.5 cm³/mol. The SMILES string of the molecule is C#C[C@]1(CC)NC(=O)NC1=O. The molecule has 58 valence electrons. The van der Waals surface area contributed by atoms with Gasteiger partial charge in [0.05, 0.1) is 0 Å². The first-order chi connectivity index (χ1) is 5.14. The van der Waals surface area contributed by atoms with Gasteiger partial charge in [-0.05, 0) is 6.42 Å². The van der Waals surface area contributed by atoms with E-state index in [4.69, 9.17) is 6.42 Å². The number of urea groups is 1. The van der Waals surface area contributed by atoms with Crippen molar-refractivity contribution in [1.82, 2.24) is 10.6 Å². The highest BCUT2D eigenvalue weighted by atomic mass is 16.2. The van der Waals surface area contributed by atoms with E-state index in [-0.39, 0.29) is 0 Å². The van der Waals surface area contributed by atoms with Crippen molar-refractivity contribution in [1.29, 1.82) is 0 Å². The third-order valence-corrected chi connectivity index (χ3v) is 1.72. The highest BCUT2D eigenvalue weighted by Gasteiger charge is 2.42. The lowest BCUT2D eigenvalue weighted by molar-refractivity contribution is -0.122. The molecule has 0 unspecified atom stereocenters. The van der Waals surface area contributed by atoms with Crippen LogP contribution in [0.2, 0.25) is 0 Å². The second-order valence-electron chi connectivity index (χ2n) is 2.31. The number of imide groups is 1. The van der Waals surface area contributed by atoms with Crippen LogP contribution >= 0.6 is 0 Å². The minimum atomic E-state index is -1.11. The molecule has 4 nitrogen and oxygen atoms in total. The molecular formula is C7H8N2O2. The molecule has 0 bridgehead atoms. The van der Waals surface area contributed by atoms with Crippen molar-refractivity contribution in [2.75, 3.05) is 0 Å². The van der Waals surface area contributed by atoms with Gasteiger partial charge in [0, 0.05) is 0 Å². The largest absolute Gasteiger partial charge is 0.323 e. The Morgan fingerprint density at radius 2 is 2.27 bits per heavy atom. The number of carbonyl (C=O) groups is 2. The zero-order valence-corrected chi connectivity index (χ0v) is 6.10. The molecule has 3 amide bonds. The zero-order chi connectivity index (χ0) is 8.48. The van der Waals surface area contributed by atoms with Crippen LogP contribution in [0.4, 0.5) is 4.79 Å². The Balaban J connectivity index is 2.96. The van der Waals surface area contributed by atoms with Gasteiger partial charge in [-0.3, -0.25) is 10.1 Å². The van der Waals surface area contributed by atoms with Crippen molar-refractivity contribution < 1.29 is 9.59 Å². The molecule has 0 aromatic heterocycles. The maximum absolute atomic E-state index is 11.0. The van der Waals surface area contributed by atoms with Crippen LogP contribution in [-0.4, -0.2) is 17.5 Å². The summed E-state index contributed by atoms with van der Waals surface area (Å²) in [6.07, 6.45) is 5.51. The van der Waals surface area contributed by atoms with Crippen molar-refractivity contribution in [3.63, 3.8) is 0 Å². The lowest BCUT2D eigenvalue weighted by atomic mass is 9.98. The van der Waals surface area contributed by atoms with Crippen molar-refractivity contribution in [3.8, 4) is 12.3 Å². The lowest BCUT2D eigenvalue weighted by Gasteiger charge is -2.15. The standard InChI is InChI=1S/C7H8N2O2/c1-3-7(4-2)5(10)8-6(11)9-7/h1H,4H2,2H3,(H2,8,9,10,11)/t7-/m1/s1. The smallest absolute Gasteiger partial charge is 0.313 e. The molecule has 2 N–H and O–H groups in total. The average Bonchev–Trinajstić information content (AvgIpc) is 2.27. The maximum atomic E-state index is 11.0. The first-order valence-electron chi connectivity index (χ1n) is 3.26. The molecular weight excluding hydrogens is 144 g/mol. The lowest BCUT2D eigenvalue weighted by Crippen LogP contribution is -2.44. The molecule has 1 fully saturated rings. The molecule has 11 heavy (non-hydrogen) atoms. The van der Waals surface area contributed by atoms with Crippen LogP contribution < -0.4 is 10.6 Å². The van der Waals surface area contributed by atoms with Gasteiger partial charge in [-0.2, -0.15) is 0 Å². The molecule has 0 aromatic rings. The fraction of sp³-hybridized carbons (Fsp3) is 0.429. The van der Waals surface area contributed by atoms with Gasteiger partial charge in [-0.1, -0.05) is 12.8 Å². The first kappa shape index (κ1) is 7.61. The summed E-state index contributed by atoms with van der Waals surface area (Å²) in [5.41, 5.74) is -1.11. The number of nitrogens with one attached hydrogen (secondary N) is 2. The van der Waals surface area contributed by atoms with E-state index >= 15 is 0 Å². The summed E-state index contributed by atoms with van der Waals surface area (Å²) in [5.74, 6) is 1.83. The molecule has 1 aliphatic rings. The van der Waals surface area contributed by atoms with Gasteiger partial charge in [0.1, 0.15) is 0 Å². The average molecular weight is 152 g/mol. The summed E-state index contributed by atoms with van der Waals surface area (Å²) >= 11 is 0. The van der Waals surface area contributed by atoms with E-state index in [0.29, 0.717) is 6.42 Å². The molecule has 1 rings (SSSR count). The Hall–Kier alpha value is -1.50. The summed E-state index contributed by atoms with van der Waals surface area (Å²) in [6, 6.07) is -0.519. The van der Waals surface area contributed by atoms with Gasteiger partial charge in [-0.15, -0.1) is 6.42 Å². The van der Waals surface area contributed by atoms with Crippen LogP contribution in [0.3, 0.4) is 0 Å². The molecule has 0 spiro atoms. The Morgan fingerprint density at radius 1 is 1.64 bits per heavy atom. The summed E-state index contributed by atoms with van der Waals surface area (Å²) in [4.78, 5) is 21.7. The maximum Gasteiger partial charge on any atom is 0.323 e. The monoisotopic (exact) mass is 152 g/mol. The minimum absolute atomic E-state index is 0.404. The van der Waals surface area contributed by atoms with Crippen LogP contribution in [-0.2, 0) is 4.79 Å². The summed E-state index contributed by atoms with van der Waals surface area (Å²) in [7, 11) is 0. The van der Waals surface area contributed by atoms with Crippen LogP contribution in [0.15, 0.2) is 0 Å². The normalized spacial score (nSPS) is 29.1. The van der Waals surface area contributed by atoms with Gasteiger partial charge in [0.25, 0.3) is 5.91 Å². The summed E-state index contributed by atoms with van der Waals surface area (Å²) in [6.45, 7) is 1.74. The highest BCUT2D eigenvalue weighted by Crippen LogP contribution is 2.12. The number of amides is 3. The number of terminal acetylenes is 1. The van der Waals surface area contributed by atoms with Gasteiger partial charge >= 0.3 is 6.03 Å². The molecule has 0 aromatic carbocycles. The zero-order valence-electron chi connectivity index (χ0n) is 6.10. The number of carbonyl (C=O) groups excluding carboxylic acids is 2. The van der Waals surface area contributed by atoms with Gasteiger partial charge in [-0.25, -0.2) is 4.79 Å². The van der Waals surface area contributed by atoms with E-state index in [1.807, 2.05) is 0 Å². The van der Waals surface area contributed by atoms with E-state index in [2.05, 4.69) is 16.6 Å². The molecule has 1 atom stereocenters. The minimum Gasteiger partial charge on any atom is -0.313 e. The highest BCUT2D eigenvalue weighted by molar-refractivity contribution is 6.08. The van der Waals surface area contributed by atoms with Crippen molar-refractivity contribution in [2.45, 2.75) is 18.9 Å². The predicted octanol–water partition coefficient (Wildman–Crippen LogP) is -0.392. The summed E-state index contributed by atoms with van der Waals surface area (Å²) in [5, 5.41) is 4.46. The first-order valence-corrected chi connectivity index (χ1v) is 3.26. The molecule has 0 radical (unpaired) electrons. The Labute approximate surface area is 64.3 Å². The Kier molecular flexibility index (Phi) is 1.57. The van der Waals surface area contributed by atoms with Gasteiger partial charge < -0.3 is 5.32 Å². The molecule has 1 saturated heterocycles. The number of hydrogen-bond donors (Lipinski definition) is 2. The Morgan fingerprint density at radius 3 is 2.45 bits per heavy atom. The molecule has 0 saturated carbocycles. The van der Waals surface area contributed by atoms with Gasteiger partial charge in [0.2, 0.25) is 0 Å². The fourth-order valence-electron chi connectivity index (χ4n) is 0.944. The van der Waals surface area contributed by atoms with Crippen molar-refractivity contribution in [3.05, 3.63) is 0 Å². The topological polar surface area (TPSA) is 58.2 Å². The second-order valence-corrected chi connectivity index (χ2v) is 2.31. The van der Waals surface area contributed by atoms with E-state index in [9.17, 15) is 9.59 Å². The number of hydrogen-bond acceptors (Lipinski definition) is 2. The Bertz CT molecular complexity index is 254. The van der Waals surface area contributed by atoms with E-state index < -0.39 is 17.5 Å². The molecule has 1 aliphatic heterocycles. The number of rotatable bonds is 1. The van der Waals surface area contributed by atoms with E-state index in [0.717, 1.165) is 0 Å². The molecule has 4 heteroatoms. The third kappa shape index (κ3) is 0.944. The van der Waals surface area contributed by atoms with Crippen molar-refractivity contribution in [2.24, 2.45) is 0 Å². The quantitative estimate of drug-likeness (QED) is 0.397. The van der Waals surface area contributed by atoms with E-state index in [1.54, 1.807) is 6.92 Å². The second kappa shape index (κ2) is 2.27. The van der Waals surface area contributed by atoms with Crippen LogP contribution in [0.25, 0.3) is 0 Å². The van der Waals surface area contributed by atoms with Gasteiger partial charge in [0.15, 0.2) is 5.54 Å². The van der Waals surface area contributed by atoms with Crippen LogP contribution in [0, 0.1) is 12.3 Å². The fourth-order valence-corrected chi connectivity index (χ4v) is 0.944. The van der Waals surface area contributed by atoms with Crippen molar-refractivity contribution >= 4 is 11.9 Å². The third-order valence-electron chi connectivity index (χ3n) is 1.72. The summed E-state index contributed by atoms with van der Waals surface area (Å²) < 4.78 is 0. The molecule has 0 aliphatic carbocycles. The van der Waals surface area contributed by atoms with E-state index in [1.165, 1.54) is 0 Å².